The number of aromatic carboxylic acids is 1. The Morgan fingerprint density at radius 1 is 1.56 bits per heavy atom. The van der Waals surface area contributed by atoms with Crippen molar-refractivity contribution in [2.45, 2.75) is 10.9 Å². The molecule has 18 heavy (non-hydrogen) atoms. The van der Waals surface area contributed by atoms with E-state index in [4.69, 9.17) is 5.11 Å². The number of rotatable bonds is 4. The molecule has 1 aromatic heterocycles. The van der Waals surface area contributed by atoms with Gasteiger partial charge in [0.1, 0.15) is 5.82 Å². The summed E-state index contributed by atoms with van der Waals surface area (Å²) in [4.78, 5) is 14.9. The Morgan fingerprint density at radius 2 is 2.33 bits per heavy atom. The molecule has 0 saturated heterocycles. The topological polar surface area (TPSA) is 55.1 Å². The van der Waals surface area contributed by atoms with Gasteiger partial charge in [-0.1, -0.05) is 23.9 Å². The average Bonchev–Trinajstić information content (AvgIpc) is 2.73. The van der Waals surface area contributed by atoms with Crippen LogP contribution in [-0.2, 0) is 12.8 Å². The number of hydrogen-bond donors (Lipinski definition) is 1. The van der Waals surface area contributed by atoms with Gasteiger partial charge >= 0.3 is 5.97 Å². The van der Waals surface area contributed by atoms with E-state index in [0.29, 0.717) is 11.3 Å². The molecule has 0 amide bonds. The molecule has 2 aromatic rings. The number of imidazole rings is 1. The van der Waals surface area contributed by atoms with Gasteiger partial charge in [0.05, 0.1) is 5.56 Å². The molecule has 2 rings (SSSR count). The van der Waals surface area contributed by atoms with Crippen molar-refractivity contribution in [1.82, 2.24) is 9.55 Å². The maximum Gasteiger partial charge on any atom is 0.338 e. The Labute approximate surface area is 107 Å². The maximum absolute atomic E-state index is 13.8. The summed E-state index contributed by atoms with van der Waals surface area (Å²) in [6.45, 7) is 0. The molecule has 0 radical (unpaired) electrons. The summed E-state index contributed by atoms with van der Waals surface area (Å²) in [6.07, 6.45) is 3.46. The molecular formula is C12H11FN2O2S. The monoisotopic (exact) mass is 266 g/mol. The summed E-state index contributed by atoms with van der Waals surface area (Å²) in [5.41, 5.74) is 0.0656. The van der Waals surface area contributed by atoms with Crippen molar-refractivity contribution in [2.24, 2.45) is 7.05 Å². The van der Waals surface area contributed by atoms with Crippen LogP contribution in [0.1, 0.15) is 15.9 Å². The minimum Gasteiger partial charge on any atom is -0.478 e. The minimum atomic E-state index is -1.25. The number of aromatic nitrogens is 2. The lowest BCUT2D eigenvalue weighted by Crippen LogP contribution is -2.03. The van der Waals surface area contributed by atoms with E-state index < -0.39 is 11.8 Å². The summed E-state index contributed by atoms with van der Waals surface area (Å²) < 4.78 is 15.7. The lowest BCUT2D eigenvalue weighted by Gasteiger charge is -2.05. The first-order valence-corrected chi connectivity index (χ1v) is 6.19. The van der Waals surface area contributed by atoms with Gasteiger partial charge in [-0.15, -0.1) is 0 Å². The van der Waals surface area contributed by atoms with Gasteiger partial charge in [-0.25, -0.2) is 14.2 Å². The molecule has 4 nitrogen and oxygen atoms in total. The lowest BCUT2D eigenvalue weighted by atomic mass is 10.1. The maximum atomic E-state index is 13.8. The molecular weight excluding hydrogens is 255 g/mol. The van der Waals surface area contributed by atoms with E-state index in [0.717, 1.165) is 5.16 Å². The standard InChI is InChI=1S/C12H11FN2O2S/c1-15-6-5-14-12(15)18-7-8-3-2-4-9(10(8)13)11(16)17/h2-6H,7H2,1H3,(H,16,17). The molecule has 0 aliphatic carbocycles. The van der Waals surface area contributed by atoms with Gasteiger partial charge in [-0.05, 0) is 11.6 Å². The highest BCUT2D eigenvalue weighted by Gasteiger charge is 2.14. The fourth-order valence-corrected chi connectivity index (χ4v) is 2.40. The van der Waals surface area contributed by atoms with Crippen molar-refractivity contribution in [1.29, 1.82) is 0 Å². The summed E-state index contributed by atoms with van der Waals surface area (Å²) in [5.74, 6) is -1.58. The number of hydrogen-bond acceptors (Lipinski definition) is 3. The van der Waals surface area contributed by atoms with E-state index in [9.17, 15) is 9.18 Å². The van der Waals surface area contributed by atoms with Crippen LogP contribution in [0.15, 0.2) is 35.7 Å². The number of thioether (sulfide) groups is 1. The van der Waals surface area contributed by atoms with Crippen molar-refractivity contribution in [3.05, 3.63) is 47.5 Å². The number of aryl methyl sites for hydroxylation is 1. The third-order valence-corrected chi connectivity index (χ3v) is 3.55. The predicted octanol–water partition coefficient (Wildman–Crippen LogP) is 2.55. The van der Waals surface area contributed by atoms with Crippen LogP contribution in [0.4, 0.5) is 4.39 Å². The van der Waals surface area contributed by atoms with E-state index in [1.165, 1.54) is 17.8 Å². The van der Waals surface area contributed by atoms with Crippen LogP contribution in [0.3, 0.4) is 0 Å². The zero-order valence-corrected chi connectivity index (χ0v) is 10.4. The van der Waals surface area contributed by atoms with Crippen molar-refractivity contribution in [2.75, 3.05) is 0 Å². The largest absolute Gasteiger partial charge is 0.478 e. The Kier molecular flexibility index (Phi) is 3.66. The summed E-state index contributed by atoms with van der Waals surface area (Å²) in [6, 6.07) is 4.38. The molecule has 0 aliphatic rings. The Morgan fingerprint density at radius 3 is 2.94 bits per heavy atom. The second-order valence-corrected chi connectivity index (χ2v) is 4.64. The fraction of sp³-hybridized carbons (Fsp3) is 0.167. The molecule has 0 atom stereocenters. The third-order valence-electron chi connectivity index (χ3n) is 2.44. The van der Waals surface area contributed by atoms with Crippen LogP contribution in [0.5, 0.6) is 0 Å². The van der Waals surface area contributed by atoms with E-state index in [1.807, 2.05) is 11.6 Å². The van der Waals surface area contributed by atoms with Gasteiger partial charge < -0.3 is 9.67 Å². The van der Waals surface area contributed by atoms with Crippen LogP contribution >= 0.6 is 11.8 Å². The first-order valence-electron chi connectivity index (χ1n) is 5.20. The minimum absolute atomic E-state index is 0.298. The van der Waals surface area contributed by atoms with Gasteiger partial charge in [0.25, 0.3) is 0 Å². The molecule has 0 unspecified atom stereocenters. The molecule has 0 bridgehead atoms. The normalized spacial score (nSPS) is 10.6. The highest BCUT2D eigenvalue weighted by molar-refractivity contribution is 7.98. The van der Waals surface area contributed by atoms with Gasteiger partial charge in [0.2, 0.25) is 0 Å². The number of benzene rings is 1. The predicted molar refractivity (Wildman–Crippen MR) is 66.1 cm³/mol. The second-order valence-electron chi connectivity index (χ2n) is 3.69. The average molecular weight is 266 g/mol. The number of carboxylic acids is 1. The number of nitrogens with zero attached hydrogens (tertiary/aromatic N) is 2. The van der Waals surface area contributed by atoms with Gasteiger partial charge in [0.15, 0.2) is 5.16 Å². The van der Waals surface area contributed by atoms with Crippen LogP contribution in [0.2, 0.25) is 0 Å². The zero-order chi connectivity index (χ0) is 13.1. The van der Waals surface area contributed by atoms with Crippen LogP contribution in [-0.4, -0.2) is 20.6 Å². The summed E-state index contributed by atoms with van der Waals surface area (Å²) in [5, 5.41) is 9.58. The number of carboxylic acid groups (broad SMARTS) is 1. The zero-order valence-electron chi connectivity index (χ0n) is 9.63. The lowest BCUT2D eigenvalue weighted by molar-refractivity contribution is 0.0691. The highest BCUT2D eigenvalue weighted by Crippen LogP contribution is 2.23. The quantitative estimate of drug-likeness (QED) is 0.864. The van der Waals surface area contributed by atoms with Crippen LogP contribution in [0.25, 0.3) is 0 Å². The second kappa shape index (κ2) is 5.22. The summed E-state index contributed by atoms with van der Waals surface area (Å²) >= 11 is 1.36. The van der Waals surface area contributed by atoms with Crippen LogP contribution in [0, 0.1) is 5.82 Å². The van der Waals surface area contributed by atoms with Gasteiger partial charge in [0, 0.05) is 25.2 Å². The molecule has 94 valence electrons. The number of halogens is 1. The Hall–Kier alpha value is -1.82. The Bertz CT molecular complexity index is 583. The first kappa shape index (κ1) is 12.6. The van der Waals surface area contributed by atoms with Crippen molar-refractivity contribution < 1.29 is 14.3 Å². The van der Waals surface area contributed by atoms with Crippen molar-refractivity contribution in [3.8, 4) is 0 Å². The molecule has 0 saturated carbocycles. The van der Waals surface area contributed by atoms with Gasteiger partial charge in [-0.2, -0.15) is 0 Å². The van der Waals surface area contributed by atoms with Gasteiger partial charge in [-0.3, -0.25) is 0 Å². The van der Waals surface area contributed by atoms with E-state index in [2.05, 4.69) is 4.98 Å². The molecule has 6 heteroatoms. The molecule has 1 heterocycles. The van der Waals surface area contributed by atoms with Crippen molar-refractivity contribution in [3.63, 3.8) is 0 Å². The van der Waals surface area contributed by atoms with Crippen LogP contribution < -0.4 is 0 Å². The fourth-order valence-electron chi connectivity index (χ4n) is 1.49. The highest BCUT2D eigenvalue weighted by atomic mass is 32.2. The SMILES string of the molecule is Cn1ccnc1SCc1cccc(C(=O)O)c1F. The van der Waals surface area contributed by atoms with E-state index in [1.54, 1.807) is 24.5 Å². The third kappa shape index (κ3) is 2.53. The first-order chi connectivity index (χ1) is 8.59. The molecule has 0 aliphatic heterocycles. The molecule has 0 spiro atoms. The number of carbonyl (C=O) groups is 1. The molecule has 1 aromatic carbocycles. The van der Waals surface area contributed by atoms with E-state index in [-0.39, 0.29) is 5.56 Å². The smallest absolute Gasteiger partial charge is 0.338 e. The molecule has 0 fully saturated rings. The van der Waals surface area contributed by atoms with Crippen molar-refractivity contribution >= 4 is 17.7 Å². The summed E-state index contributed by atoms with van der Waals surface area (Å²) in [7, 11) is 1.85. The Balaban J connectivity index is 2.17. The molecule has 1 N–H and O–H groups in total. The van der Waals surface area contributed by atoms with E-state index >= 15 is 0 Å².